The van der Waals surface area contributed by atoms with Crippen molar-refractivity contribution in [1.29, 1.82) is 0 Å². The summed E-state index contributed by atoms with van der Waals surface area (Å²) in [5.74, 6) is -2.03. The lowest BCUT2D eigenvalue weighted by molar-refractivity contribution is 0.0256. The fourth-order valence-electron chi connectivity index (χ4n) is 2.46. The fraction of sp³-hybridized carbons (Fsp3) is 0.357. The Morgan fingerprint density at radius 3 is 2.75 bits per heavy atom. The van der Waals surface area contributed by atoms with Crippen LogP contribution in [0.25, 0.3) is 5.69 Å². The second-order valence-corrected chi connectivity index (χ2v) is 4.98. The molecule has 0 unspecified atom stereocenters. The van der Waals surface area contributed by atoms with E-state index in [-0.39, 0.29) is 13.0 Å². The molecule has 1 fully saturated rings. The van der Waals surface area contributed by atoms with Gasteiger partial charge in [-0.3, -0.25) is 0 Å². The minimum Gasteiger partial charge on any atom is -0.349 e. The standard InChI is InChI=1S/C14H16F2N4/c15-14(16)6-8-19(10-14)13-5-7-20(18-13)12-4-2-1-3-11(12)9-17/h1-5,7H,6,8-10,17H2. The SMILES string of the molecule is NCc1ccccc1-n1ccc(N2CCC(F)(F)C2)n1. The highest BCUT2D eigenvalue weighted by atomic mass is 19.3. The summed E-state index contributed by atoms with van der Waals surface area (Å²) >= 11 is 0. The Kier molecular flexibility index (Phi) is 3.17. The molecule has 6 heteroatoms. The van der Waals surface area contributed by atoms with Gasteiger partial charge in [0.05, 0.1) is 12.2 Å². The molecule has 1 saturated heterocycles. The predicted molar refractivity (Wildman–Crippen MR) is 73.2 cm³/mol. The van der Waals surface area contributed by atoms with Crippen LogP contribution < -0.4 is 10.6 Å². The topological polar surface area (TPSA) is 47.1 Å². The summed E-state index contributed by atoms with van der Waals surface area (Å²) in [6.45, 7) is 0.484. The maximum atomic E-state index is 13.2. The number of para-hydroxylation sites is 1. The van der Waals surface area contributed by atoms with Gasteiger partial charge in [-0.1, -0.05) is 18.2 Å². The van der Waals surface area contributed by atoms with E-state index in [1.165, 1.54) is 0 Å². The van der Waals surface area contributed by atoms with E-state index in [0.717, 1.165) is 11.3 Å². The molecule has 0 radical (unpaired) electrons. The molecule has 2 N–H and O–H groups in total. The van der Waals surface area contributed by atoms with Crippen LogP contribution in [0.15, 0.2) is 36.5 Å². The van der Waals surface area contributed by atoms with Crippen LogP contribution in [0.1, 0.15) is 12.0 Å². The first kappa shape index (κ1) is 13.1. The van der Waals surface area contributed by atoms with E-state index in [2.05, 4.69) is 5.10 Å². The Morgan fingerprint density at radius 2 is 2.05 bits per heavy atom. The third kappa shape index (κ3) is 2.38. The second-order valence-electron chi connectivity index (χ2n) is 4.98. The van der Waals surface area contributed by atoms with Crippen molar-refractivity contribution in [1.82, 2.24) is 9.78 Å². The van der Waals surface area contributed by atoms with Gasteiger partial charge in [0.1, 0.15) is 0 Å². The van der Waals surface area contributed by atoms with Crippen LogP contribution >= 0.6 is 0 Å². The van der Waals surface area contributed by atoms with Gasteiger partial charge >= 0.3 is 0 Å². The lowest BCUT2D eigenvalue weighted by Crippen LogP contribution is -2.25. The van der Waals surface area contributed by atoms with Gasteiger partial charge in [-0.15, -0.1) is 0 Å². The third-order valence-electron chi connectivity index (χ3n) is 3.53. The van der Waals surface area contributed by atoms with Crippen molar-refractivity contribution in [2.45, 2.75) is 18.9 Å². The molecule has 0 bridgehead atoms. The summed E-state index contributed by atoms with van der Waals surface area (Å²) in [5.41, 5.74) is 7.55. The summed E-state index contributed by atoms with van der Waals surface area (Å²) in [5, 5.41) is 4.39. The normalized spacial score (nSPS) is 17.6. The Bertz CT molecular complexity index is 609. The Hall–Kier alpha value is -1.95. The monoisotopic (exact) mass is 278 g/mol. The molecule has 1 aliphatic heterocycles. The average Bonchev–Trinajstić information content (AvgIpc) is 3.05. The minimum atomic E-state index is -2.61. The summed E-state index contributed by atoms with van der Waals surface area (Å²) in [4.78, 5) is 1.61. The smallest absolute Gasteiger partial charge is 0.266 e. The highest BCUT2D eigenvalue weighted by Gasteiger charge is 2.38. The third-order valence-corrected chi connectivity index (χ3v) is 3.53. The van der Waals surface area contributed by atoms with Crippen LogP contribution in [0.4, 0.5) is 14.6 Å². The van der Waals surface area contributed by atoms with E-state index in [0.29, 0.717) is 18.9 Å². The van der Waals surface area contributed by atoms with Gasteiger partial charge < -0.3 is 10.6 Å². The van der Waals surface area contributed by atoms with E-state index >= 15 is 0 Å². The second kappa shape index (κ2) is 4.86. The molecule has 106 valence electrons. The van der Waals surface area contributed by atoms with E-state index in [4.69, 9.17) is 5.73 Å². The number of halogens is 2. The number of aromatic nitrogens is 2. The molecule has 0 aliphatic carbocycles. The van der Waals surface area contributed by atoms with E-state index in [1.807, 2.05) is 24.3 Å². The molecule has 1 aromatic heterocycles. The zero-order valence-electron chi connectivity index (χ0n) is 11.0. The zero-order valence-corrected chi connectivity index (χ0v) is 11.0. The number of nitrogens with two attached hydrogens (primary N) is 1. The summed E-state index contributed by atoms with van der Waals surface area (Å²) in [6, 6.07) is 9.42. The molecule has 0 spiro atoms. The molecule has 0 amide bonds. The molecule has 3 rings (SSSR count). The lowest BCUT2D eigenvalue weighted by atomic mass is 10.2. The molecular formula is C14H16F2N4. The zero-order chi connectivity index (χ0) is 14.2. The van der Waals surface area contributed by atoms with Crippen molar-refractivity contribution < 1.29 is 8.78 Å². The van der Waals surface area contributed by atoms with Gasteiger partial charge in [0.25, 0.3) is 5.92 Å². The van der Waals surface area contributed by atoms with Crippen LogP contribution in [0, 0.1) is 0 Å². The predicted octanol–water partition coefficient (Wildman–Crippen LogP) is 2.18. The van der Waals surface area contributed by atoms with Crippen LogP contribution in [0.3, 0.4) is 0 Å². The molecule has 4 nitrogen and oxygen atoms in total. The molecule has 2 aromatic rings. The van der Waals surface area contributed by atoms with E-state index in [1.54, 1.807) is 21.8 Å². The molecule has 0 saturated carbocycles. The van der Waals surface area contributed by atoms with Crippen LogP contribution in [-0.4, -0.2) is 28.8 Å². The lowest BCUT2D eigenvalue weighted by Gasteiger charge is -2.14. The van der Waals surface area contributed by atoms with Gasteiger partial charge in [-0.2, -0.15) is 5.10 Å². The molecule has 1 aromatic carbocycles. The first-order chi connectivity index (χ1) is 9.59. The van der Waals surface area contributed by atoms with Crippen molar-refractivity contribution in [3.8, 4) is 5.69 Å². The van der Waals surface area contributed by atoms with Crippen molar-refractivity contribution in [2.75, 3.05) is 18.0 Å². The number of hydrogen-bond acceptors (Lipinski definition) is 3. The van der Waals surface area contributed by atoms with Gasteiger partial charge in [0, 0.05) is 31.8 Å². The Labute approximate surface area is 115 Å². The van der Waals surface area contributed by atoms with Crippen LogP contribution in [-0.2, 0) is 6.54 Å². The molecule has 0 atom stereocenters. The number of hydrogen-bond donors (Lipinski definition) is 1. The fourth-order valence-corrected chi connectivity index (χ4v) is 2.46. The number of anilines is 1. The molecule has 1 aliphatic rings. The number of benzene rings is 1. The van der Waals surface area contributed by atoms with E-state index in [9.17, 15) is 8.78 Å². The van der Waals surface area contributed by atoms with Crippen LogP contribution in [0.2, 0.25) is 0 Å². The summed E-state index contributed by atoms with van der Waals surface area (Å²) in [6.07, 6.45) is 1.67. The number of alkyl halides is 2. The minimum absolute atomic E-state index is 0.112. The number of nitrogens with zero attached hydrogens (tertiary/aromatic N) is 3. The number of rotatable bonds is 3. The largest absolute Gasteiger partial charge is 0.349 e. The highest BCUT2D eigenvalue weighted by molar-refractivity contribution is 5.45. The maximum Gasteiger partial charge on any atom is 0.266 e. The van der Waals surface area contributed by atoms with Crippen molar-refractivity contribution >= 4 is 5.82 Å². The molecular weight excluding hydrogens is 262 g/mol. The maximum absolute atomic E-state index is 13.2. The van der Waals surface area contributed by atoms with E-state index < -0.39 is 5.92 Å². The Morgan fingerprint density at radius 1 is 1.25 bits per heavy atom. The first-order valence-electron chi connectivity index (χ1n) is 6.56. The van der Waals surface area contributed by atoms with Gasteiger partial charge in [0.15, 0.2) is 5.82 Å². The van der Waals surface area contributed by atoms with Crippen molar-refractivity contribution in [3.05, 3.63) is 42.1 Å². The molecule has 2 heterocycles. The first-order valence-corrected chi connectivity index (χ1v) is 6.56. The summed E-state index contributed by atoms with van der Waals surface area (Å²) in [7, 11) is 0. The van der Waals surface area contributed by atoms with Crippen LogP contribution in [0.5, 0.6) is 0 Å². The van der Waals surface area contributed by atoms with Gasteiger partial charge in [-0.25, -0.2) is 13.5 Å². The van der Waals surface area contributed by atoms with Crippen molar-refractivity contribution in [3.63, 3.8) is 0 Å². The Balaban J connectivity index is 1.87. The average molecular weight is 278 g/mol. The quantitative estimate of drug-likeness (QED) is 0.936. The van der Waals surface area contributed by atoms with Gasteiger partial charge in [0.2, 0.25) is 0 Å². The van der Waals surface area contributed by atoms with Gasteiger partial charge in [-0.05, 0) is 11.6 Å². The van der Waals surface area contributed by atoms with Crippen molar-refractivity contribution in [2.24, 2.45) is 5.73 Å². The molecule has 20 heavy (non-hydrogen) atoms. The highest BCUT2D eigenvalue weighted by Crippen LogP contribution is 2.30. The summed E-state index contributed by atoms with van der Waals surface area (Å²) < 4.78 is 28.2.